The van der Waals surface area contributed by atoms with Crippen LogP contribution in [0.1, 0.15) is 11.1 Å². The van der Waals surface area contributed by atoms with E-state index in [1.165, 1.54) is 60.7 Å². The maximum atomic E-state index is 12.8. The number of nitrogens with zero attached hydrogens (tertiary/aromatic N) is 5. The van der Waals surface area contributed by atoms with Gasteiger partial charge in [-0.1, -0.05) is 23.8 Å². The maximum absolute atomic E-state index is 12.8. The monoisotopic (exact) mass is 860 g/mol. The zero-order valence-corrected chi connectivity index (χ0v) is 37.4. The number of anilines is 2. The zero-order valence-electron chi connectivity index (χ0n) is 30.9. The van der Waals surface area contributed by atoms with Crippen molar-refractivity contribution in [2.75, 3.05) is 5.32 Å². The molecule has 0 aliphatic carbocycles. The van der Waals surface area contributed by atoms with Crippen molar-refractivity contribution >= 4 is 80.9 Å². The summed E-state index contributed by atoms with van der Waals surface area (Å²) < 4.78 is 102. The molecule has 0 amide bonds. The van der Waals surface area contributed by atoms with E-state index in [0.717, 1.165) is 29.8 Å². The van der Waals surface area contributed by atoms with Gasteiger partial charge in [-0.05, 0) is 104 Å². The Bertz CT molecular complexity index is 2930. The first-order valence-electron chi connectivity index (χ1n) is 16.0. The van der Waals surface area contributed by atoms with Crippen LogP contribution in [0.5, 0.6) is 5.75 Å². The second kappa shape index (κ2) is 18.6. The molecule has 0 saturated carbocycles. The predicted molar refractivity (Wildman–Crippen MR) is 201 cm³/mol. The number of hydrogen-bond donors (Lipinski definition) is 1. The predicted octanol–water partition coefficient (Wildman–Crippen LogP) is 2.52. The van der Waals surface area contributed by atoms with Crippen molar-refractivity contribution < 1.29 is 103 Å². The first-order chi connectivity index (χ1) is 26.4. The second-order valence-corrected chi connectivity index (χ2v) is 16.3. The van der Waals surface area contributed by atoms with Crippen molar-refractivity contribution in [3.8, 4) is 5.75 Å². The van der Waals surface area contributed by atoms with E-state index >= 15 is 0 Å². The fourth-order valence-corrected chi connectivity index (χ4v) is 7.35. The molecular weight excluding hydrogens is 835 g/mol. The van der Waals surface area contributed by atoms with Crippen LogP contribution in [0.4, 0.5) is 39.8 Å². The van der Waals surface area contributed by atoms with Crippen LogP contribution in [-0.2, 0) is 30.4 Å². The average Bonchev–Trinajstić information content (AvgIpc) is 3.14. The third-order valence-electron chi connectivity index (χ3n) is 8.04. The maximum Gasteiger partial charge on any atom is 1.00 e. The van der Waals surface area contributed by atoms with Crippen LogP contribution in [0.2, 0.25) is 0 Å². The van der Waals surface area contributed by atoms with Crippen molar-refractivity contribution in [1.82, 2.24) is 0 Å². The van der Waals surface area contributed by atoms with Crippen LogP contribution >= 0.6 is 0 Å². The van der Waals surface area contributed by atoms with Crippen LogP contribution in [0.15, 0.2) is 150 Å². The van der Waals surface area contributed by atoms with Crippen LogP contribution in [0.3, 0.4) is 0 Å². The number of nitro benzene ring substituents is 1. The smallest absolute Gasteiger partial charge is 0.744 e. The van der Waals surface area contributed by atoms with E-state index in [4.69, 9.17) is 4.18 Å². The summed E-state index contributed by atoms with van der Waals surface area (Å²) >= 11 is 0. The summed E-state index contributed by atoms with van der Waals surface area (Å²) in [6.45, 7) is 3.47. The molecule has 0 radical (unpaired) electrons. The number of nitrogens with one attached hydrogen (secondary N) is 1. The number of azo groups is 2. The molecule has 6 aromatic rings. The van der Waals surface area contributed by atoms with E-state index < -0.39 is 50.8 Å². The molecule has 1 N–H and O–H groups in total. The molecule has 286 valence electrons. The molecule has 0 unspecified atom stereocenters. The Morgan fingerprint density at radius 3 is 1.78 bits per heavy atom. The molecule has 0 aliphatic heterocycles. The van der Waals surface area contributed by atoms with Gasteiger partial charge in [0, 0.05) is 28.6 Å². The number of rotatable bonds is 12. The summed E-state index contributed by atoms with van der Waals surface area (Å²) in [5.41, 5.74) is 1.96. The number of benzene rings is 6. The van der Waals surface area contributed by atoms with Crippen LogP contribution < -0.4 is 68.6 Å². The third-order valence-corrected chi connectivity index (χ3v) is 11.0. The summed E-state index contributed by atoms with van der Waals surface area (Å²) in [7, 11) is -14.0. The molecule has 0 aromatic heterocycles. The van der Waals surface area contributed by atoms with Crippen LogP contribution in [-0.4, -0.2) is 39.3 Å². The van der Waals surface area contributed by atoms with E-state index in [1.807, 2.05) is 6.92 Å². The molecule has 0 heterocycles. The Hall–Kier alpha value is -4.45. The number of hydrogen-bond acceptors (Lipinski definition) is 16. The fourth-order valence-electron chi connectivity index (χ4n) is 5.21. The Kier molecular flexibility index (Phi) is 14.9. The second-order valence-electron chi connectivity index (χ2n) is 12.0. The van der Waals surface area contributed by atoms with E-state index in [1.54, 1.807) is 31.2 Å². The molecule has 58 heavy (non-hydrogen) atoms. The summed E-state index contributed by atoms with van der Waals surface area (Å²) in [5, 5.41) is 31.4. The minimum Gasteiger partial charge on any atom is -0.744 e. The minimum absolute atomic E-state index is 0. The van der Waals surface area contributed by atoms with E-state index in [9.17, 15) is 44.5 Å². The molecule has 0 spiro atoms. The zero-order chi connectivity index (χ0) is 40.4. The van der Waals surface area contributed by atoms with Gasteiger partial charge in [0.1, 0.15) is 30.9 Å². The van der Waals surface area contributed by atoms with Crippen molar-refractivity contribution in [3.05, 3.63) is 137 Å². The fraction of sp³-hybridized carbons (Fsp3) is 0.0556. The molecule has 0 saturated heterocycles. The molecule has 6 aromatic carbocycles. The molecular formula is C36H26N6Na2O11S3. The van der Waals surface area contributed by atoms with E-state index in [-0.39, 0.29) is 97.9 Å². The van der Waals surface area contributed by atoms with Gasteiger partial charge >= 0.3 is 69.2 Å². The number of aryl methyl sites for hydroxylation is 2. The van der Waals surface area contributed by atoms with Gasteiger partial charge < -0.3 is 18.6 Å². The first-order valence-corrected chi connectivity index (χ1v) is 20.2. The van der Waals surface area contributed by atoms with Crippen molar-refractivity contribution in [3.63, 3.8) is 0 Å². The van der Waals surface area contributed by atoms with Crippen molar-refractivity contribution in [2.24, 2.45) is 20.5 Å². The van der Waals surface area contributed by atoms with Gasteiger partial charge in [-0.25, -0.2) is 16.8 Å². The van der Waals surface area contributed by atoms with Gasteiger partial charge in [0.15, 0.2) is 0 Å². The Morgan fingerprint density at radius 2 is 1.19 bits per heavy atom. The van der Waals surface area contributed by atoms with E-state index in [2.05, 4.69) is 25.8 Å². The molecule has 6 rings (SSSR count). The van der Waals surface area contributed by atoms with Gasteiger partial charge in [-0.15, -0.1) is 10.2 Å². The Balaban J connectivity index is 0.00000372. The summed E-state index contributed by atoms with van der Waals surface area (Å²) in [6.07, 6.45) is 0. The molecule has 0 atom stereocenters. The minimum atomic E-state index is -5.07. The normalized spacial score (nSPS) is 11.9. The average molecular weight is 861 g/mol. The summed E-state index contributed by atoms with van der Waals surface area (Å²) in [5.74, 6) is 0.0928. The third kappa shape index (κ3) is 11.2. The van der Waals surface area contributed by atoms with Gasteiger partial charge in [0.05, 0.1) is 43.2 Å². The topological polar surface area (TPSA) is 262 Å². The van der Waals surface area contributed by atoms with Crippen LogP contribution in [0.25, 0.3) is 10.8 Å². The first kappa shape index (κ1) is 46.2. The van der Waals surface area contributed by atoms with Gasteiger partial charge in [0.2, 0.25) is 0 Å². The molecule has 0 fully saturated rings. The van der Waals surface area contributed by atoms with Gasteiger partial charge in [-0.2, -0.15) is 18.6 Å². The van der Waals surface area contributed by atoms with Gasteiger partial charge in [0.25, 0.3) is 5.69 Å². The van der Waals surface area contributed by atoms with Gasteiger partial charge in [-0.3, -0.25) is 10.1 Å². The Morgan fingerprint density at radius 1 is 0.603 bits per heavy atom. The summed E-state index contributed by atoms with van der Waals surface area (Å²) in [4.78, 5) is 8.91. The van der Waals surface area contributed by atoms with Crippen LogP contribution in [0, 0.1) is 24.0 Å². The van der Waals surface area contributed by atoms with E-state index in [0.29, 0.717) is 28.4 Å². The number of fused-ring (bicyclic) bond motifs is 1. The molecule has 22 heteroatoms. The largest absolute Gasteiger partial charge is 1.00 e. The number of nitro groups is 1. The molecule has 0 aliphatic rings. The summed E-state index contributed by atoms with van der Waals surface area (Å²) in [6, 6.07) is 26.1. The van der Waals surface area contributed by atoms with Crippen molar-refractivity contribution in [2.45, 2.75) is 28.5 Å². The number of non-ortho nitro benzene ring substituents is 1. The SMILES string of the molecule is Cc1ccc(S(=O)(=O)Oc2ccc(N=Nc3ccc(N=Nc4ccc(Nc5ccc([N+](=O)[O-])cc5S(=O)(=O)[O-])cc4)c4cc(S(=O)(=O)[O-])ccc34)cc2C)cc1.[Na+].[Na+]. The Labute approximate surface area is 376 Å². The standard InChI is InChI=1S/C36H28N6O11S3.2Na/c1-22-3-11-28(12-4-22)56(51,52)53-35-18-9-26(19-23(35)2)39-40-32-16-17-33(31-21-29(54(45,46)47)13-14-30(31)32)41-38-25-7-5-24(6-8-25)37-34-15-10-27(42(43)44)20-36(34)55(48,49)50;;/h3-21,37H,1-2H3,(H,45,46,47)(H,48,49,50);;/q;2*+1/p-2. The van der Waals surface area contributed by atoms with Crippen molar-refractivity contribution in [1.29, 1.82) is 0 Å². The molecule has 0 bridgehead atoms. The quantitative estimate of drug-likeness (QED) is 0.0465. The molecule has 17 nitrogen and oxygen atoms in total.